The number of hydrogen-bond donors (Lipinski definition) is 6. The zero-order chi connectivity index (χ0) is 36.3. The van der Waals surface area contributed by atoms with Crippen LogP contribution < -0.4 is 32.0 Å². The van der Waals surface area contributed by atoms with E-state index in [4.69, 9.17) is 4.42 Å². The lowest BCUT2D eigenvalue weighted by molar-refractivity contribution is -0.142. The van der Waals surface area contributed by atoms with Gasteiger partial charge in [-0.2, -0.15) is 0 Å². The first-order chi connectivity index (χ1) is 24.5. The maximum Gasteiger partial charge on any atom is 0.326 e. The first kappa shape index (κ1) is 36.6. The molecule has 0 aliphatic carbocycles. The van der Waals surface area contributed by atoms with E-state index in [1.54, 1.807) is 36.4 Å². The Hall–Kier alpha value is -5.70. The van der Waals surface area contributed by atoms with Crippen LogP contribution in [-0.2, 0) is 54.5 Å². The van der Waals surface area contributed by atoms with Crippen LogP contribution in [0.15, 0.2) is 88.9 Å². The fourth-order valence-corrected chi connectivity index (χ4v) is 6.29. The number of aliphatic carboxylic acids is 1. The normalized spacial score (nSPS) is 21.0. The van der Waals surface area contributed by atoms with Crippen LogP contribution in [0.2, 0.25) is 0 Å². The van der Waals surface area contributed by atoms with E-state index in [1.165, 1.54) is 17.6 Å². The van der Waals surface area contributed by atoms with E-state index < -0.39 is 59.7 Å². The van der Waals surface area contributed by atoms with Gasteiger partial charge in [0.2, 0.25) is 29.5 Å². The number of nitrogens with one attached hydrogen (secondary N) is 5. The minimum Gasteiger partial charge on any atom is -0.480 e. The van der Waals surface area contributed by atoms with E-state index in [9.17, 15) is 33.9 Å². The van der Waals surface area contributed by atoms with Crippen LogP contribution in [0.3, 0.4) is 0 Å². The van der Waals surface area contributed by atoms with Crippen molar-refractivity contribution in [2.24, 2.45) is 0 Å². The van der Waals surface area contributed by atoms with Crippen LogP contribution in [0.4, 0.5) is 5.69 Å². The van der Waals surface area contributed by atoms with Crippen molar-refractivity contribution in [1.29, 1.82) is 0 Å². The number of thiophene rings is 1. The van der Waals surface area contributed by atoms with Gasteiger partial charge in [0.25, 0.3) is 0 Å². The number of rotatable bonds is 7. The summed E-state index contributed by atoms with van der Waals surface area (Å²) >= 11 is 1.40. The Balaban J connectivity index is 1.49. The molecule has 2 aromatic carbocycles. The number of anilines is 1. The number of carboxylic acids is 1. The van der Waals surface area contributed by atoms with E-state index in [2.05, 4.69) is 26.6 Å². The number of carbonyl (C=O) groups is 6. The predicted octanol–water partition coefficient (Wildman–Crippen LogP) is 0.626. The van der Waals surface area contributed by atoms with Crippen molar-refractivity contribution in [3.8, 4) is 0 Å². The third-order valence-corrected chi connectivity index (χ3v) is 9.22. The summed E-state index contributed by atoms with van der Waals surface area (Å²) in [6.45, 7) is 0. The number of carboxylic acid groups (broad SMARTS) is 1. The first-order valence-electron chi connectivity index (χ1n) is 16.4. The molecule has 2 bridgehead atoms. The highest BCUT2D eigenvalue weighted by Crippen LogP contribution is 2.15. The molecule has 264 valence electrons. The molecule has 6 N–H and O–H groups in total. The van der Waals surface area contributed by atoms with Crippen molar-refractivity contribution in [1.82, 2.24) is 21.3 Å². The summed E-state index contributed by atoms with van der Waals surface area (Å²) in [5, 5.41) is 25.3. The van der Waals surface area contributed by atoms with Crippen LogP contribution in [0.5, 0.6) is 0 Å². The molecule has 0 fully saturated rings. The zero-order valence-electron chi connectivity index (χ0n) is 27.8. The van der Waals surface area contributed by atoms with Crippen molar-refractivity contribution >= 4 is 65.8 Å². The van der Waals surface area contributed by atoms with E-state index in [1.807, 2.05) is 49.6 Å². The molecular formula is C36H38BN5O8S. The van der Waals surface area contributed by atoms with Gasteiger partial charge in [-0.3, -0.25) is 24.0 Å². The van der Waals surface area contributed by atoms with Crippen LogP contribution >= 0.6 is 11.3 Å². The molecule has 2 aliphatic heterocycles. The van der Waals surface area contributed by atoms with Gasteiger partial charge < -0.3 is 36.1 Å². The number of amides is 5. The molecule has 5 amide bonds. The molecule has 6 rings (SSSR count). The van der Waals surface area contributed by atoms with Gasteiger partial charge >= 0.3 is 5.97 Å². The number of furan rings is 1. The Kier molecular flexibility index (Phi) is 12.4. The van der Waals surface area contributed by atoms with Gasteiger partial charge in [-0.1, -0.05) is 47.9 Å². The van der Waals surface area contributed by atoms with Gasteiger partial charge in [0, 0.05) is 49.1 Å². The molecule has 51 heavy (non-hydrogen) atoms. The number of hydrogen-bond acceptors (Lipinski definition) is 8. The van der Waals surface area contributed by atoms with Gasteiger partial charge in [0.15, 0.2) is 0 Å². The maximum absolute atomic E-state index is 14.1. The fourth-order valence-electron chi connectivity index (χ4n) is 5.54. The van der Waals surface area contributed by atoms with Crippen molar-refractivity contribution in [2.75, 3.05) is 5.32 Å². The van der Waals surface area contributed by atoms with Gasteiger partial charge in [-0.05, 0) is 46.8 Å². The molecule has 15 heteroatoms. The van der Waals surface area contributed by atoms with Crippen LogP contribution in [0.25, 0.3) is 0 Å². The summed E-state index contributed by atoms with van der Waals surface area (Å²) in [5.74, 6) is -4.01. The molecular weight excluding hydrogens is 673 g/mol. The Morgan fingerprint density at radius 1 is 0.745 bits per heavy atom. The highest BCUT2D eigenvalue weighted by Gasteiger charge is 2.32. The molecule has 0 unspecified atom stereocenters. The molecule has 4 heterocycles. The topological polar surface area (TPSA) is 196 Å². The van der Waals surface area contributed by atoms with Crippen LogP contribution in [0.1, 0.15) is 34.6 Å². The second-order valence-corrected chi connectivity index (χ2v) is 13.4. The quantitative estimate of drug-likeness (QED) is 0.119. The predicted molar refractivity (Wildman–Crippen MR) is 192 cm³/mol. The third kappa shape index (κ3) is 10.9. The van der Waals surface area contributed by atoms with Gasteiger partial charge in [0.05, 0.1) is 6.26 Å². The van der Waals surface area contributed by atoms with E-state index in [-0.39, 0.29) is 38.5 Å². The first-order valence-corrected chi connectivity index (χ1v) is 17.3. The average Bonchev–Trinajstić information content (AvgIpc) is 3.82. The molecule has 0 saturated heterocycles. The summed E-state index contributed by atoms with van der Waals surface area (Å²) in [4.78, 5) is 80.6. The van der Waals surface area contributed by atoms with Crippen LogP contribution in [0, 0.1) is 0 Å². The minimum atomic E-state index is -1.36. The van der Waals surface area contributed by atoms with E-state index in [0.29, 0.717) is 17.0 Å². The maximum atomic E-state index is 14.1. The Morgan fingerprint density at radius 3 is 2.02 bits per heavy atom. The van der Waals surface area contributed by atoms with Crippen molar-refractivity contribution < 1.29 is 38.3 Å². The summed E-state index contributed by atoms with van der Waals surface area (Å²) < 4.78 is 5.45. The van der Waals surface area contributed by atoms with Gasteiger partial charge in [-0.25, -0.2) is 4.79 Å². The highest BCUT2D eigenvalue weighted by molar-refractivity contribution is 7.09. The molecule has 0 radical (unpaired) electrons. The van der Waals surface area contributed by atoms with Crippen molar-refractivity contribution in [3.05, 3.63) is 106 Å². The van der Waals surface area contributed by atoms with Crippen molar-refractivity contribution in [3.63, 3.8) is 0 Å². The molecule has 0 saturated carbocycles. The minimum absolute atomic E-state index is 0.0420. The second kappa shape index (κ2) is 17.3. The van der Waals surface area contributed by atoms with Crippen LogP contribution in [-0.4, -0.2) is 72.6 Å². The summed E-state index contributed by atoms with van der Waals surface area (Å²) in [6.07, 6.45) is 1.03. The molecule has 2 aromatic heterocycles. The highest BCUT2D eigenvalue weighted by atomic mass is 32.1. The lowest BCUT2D eigenvalue weighted by atomic mass is 9.93. The molecule has 4 aromatic rings. The monoisotopic (exact) mass is 711 g/mol. The van der Waals surface area contributed by atoms with Gasteiger partial charge in [0.1, 0.15) is 37.8 Å². The van der Waals surface area contributed by atoms with Gasteiger partial charge in [-0.15, -0.1) is 11.3 Å². The Bertz CT molecular complexity index is 1830. The summed E-state index contributed by atoms with van der Waals surface area (Å²) in [6, 6.07) is 15.7. The van der Waals surface area contributed by atoms with Crippen molar-refractivity contribution in [2.45, 2.75) is 62.7 Å². The molecule has 4 atom stereocenters. The van der Waals surface area contributed by atoms with E-state index in [0.717, 1.165) is 15.9 Å². The smallest absolute Gasteiger partial charge is 0.326 e. The standard InChI is InChI=1S/C36H38BN5O8S/c37-23-9-5-21(6-10-23)17-27-33(45)41-28(19-25-3-1-15-50-25)34(46)42-30(36(48)49)18-22-7-11-24(12-8-22)38-31(43)13-14-32(44)39-29(35(47)40-27)20-26-4-2-16-51-26/h1-12,15-16,27-30H,13-14,17-20,37H2,(H,38,43)(H,39,44)(H,40,47)(H,41,45)(H,42,46)(H,48,49)/t27-,28+,29+,30+/m0/s1. The molecule has 2 aliphatic rings. The molecule has 13 nitrogen and oxygen atoms in total. The SMILES string of the molecule is Bc1ccc(C[C@@H]2NC(=O)[C@@H](Cc3cccs3)NC(=O)CCC(=O)Nc3ccc(cc3)C[C@H](C(=O)O)NC(=O)[C@@H](Cc3ccco3)NC2=O)cc1. The largest absolute Gasteiger partial charge is 0.480 e. The number of fused-ring (bicyclic) bond motifs is 18. The fraction of sp³-hybridized carbons (Fsp3) is 0.278. The lowest BCUT2D eigenvalue weighted by Gasteiger charge is -2.26. The third-order valence-electron chi connectivity index (χ3n) is 8.32. The Morgan fingerprint density at radius 2 is 1.39 bits per heavy atom. The number of carbonyl (C=O) groups excluding carboxylic acids is 5. The zero-order valence-corrected chi connectivity index (χ0v) is 28.7. The Labute approximate surface area is 299 Å². The lowest BCUT2D eigenvalue weighted by Crippen LogP contribution is -2.59. The second-order valence-electron chi connectivity index (χ2n) is 12.3. The molecule has 0 spiro atoms. The number of benzene rings is 2. The van der Waals surface area contributed by atoms with E-state index >= 15 is 0 Å². The summed E-state index contributed by atoms with van der Waals surface area (Å²) in [7, 11) is 1.92. The summed E-state index contributed by atoms with van der Waals surface area (Å²) in [5.41, 5.74) is 2.71. The average molecular weight is 712 g/mol.